The summed E-state index contributed by atoms with van der Waals surface area (Å²) in [6.45, 7) is 4.60. The number of carbonyl (C=O) groups excluding carboxylic acids is 1. The number of nitrogens with zero attached hydrogens (tertiary/aromatic N) is 2. The van der Waals surface area contributed by atoms with E-state index in [1.54, 1.807) is 6.92 Å². The van der Waals surface area contributed by atoms with Crippen LogP contribution in [0.15, 0.2) is 24.3 Å². The molecule has 3 rings (SSSR count). The average molecular weight is 337 g/mol. The molecule has 0 aliphatic carbocycles. The lowest BCUT2D eigenvalue weighted by Gasteiger charge is -2.24. The second-order valence-electron chi connectivity index (χ2n) is 6.05. The van der Waals surface area contributed by atoms with Gasteiger partial charge in [-0.2, -0.15) is 0 Å². The quantitative estimate of drug-likeness (QED) is 0.851. The van der Waals surface area contributed by atoms with E-state index in [0.29, 0.717) is 12.5 Å². The highest BCUT2D eigenvalue weighted by Gasteiger charge is 2.17. The molecule has 2 N–H and O–H groups in total. The Morgan fingerprint density at radius 1 is 1.35 bits per heavy atom. The van der Waals surface area contributed by atoms with E-state index in [4.69, 9.17) is 4.98 Å². The van der Waals surface area contributed by atoms with Crippen LogP contribution < -0.4 is 10.6 Å². The molecule has 0 atom stereocenters. The first-order chi connectivity index (χ1) is 10.7. The molecule has 5 nitrogen and oxygen atoms in total. The first-order valence-corrected chi connectivity index (χ1v) is 8.16. The fourth-order valence-corrected chi connectivity index (χ4v) is 3.05. The zero-order chi connectivity index (χ0) is 15.4. The number of ketones is 1. The molecule has 0 bridgehead atoms. The Balaban J connectivity index is 0.00000192. The molecule has 0 amide bonds. The van der Waals surface area contributed by atoms with E-state index in [2.05, 4.69) is 21.3 Å². The first-order valence-electron chi connectivity index (χ1n) is 8.16. The fourth-order valence-electron chi connectivity index (χ4n) is 3.05. The fraction of sp³-hybridized carbons (Fsp3) is 0.529. The zero-order valence-corrected chi connectivity index (χ0v) is 14.4. The molecule has 1 aliphatic rings. The van der Waals surface area contributed by atoms with E-state index < -0.39 is 0 Å². The second-order valence-corrected chi connectivity index (χ2v) is 6.05. The number of benzene rings is 1. The van der Waals surface area contributed by atoms with Crippen LogP contribution in [-0.2, 0) is 11.3 Å². The molecule has 1 fully saturated rings. The zero-order valence-electron chi connectivity index (χ0n) is 13.5. The third-order valence-electron chi connectivity index (χ3n) is 4.24. The number of aryl methyl sites for hydroxylation is 1. The third kappa shape index (κ3) is 4.45. The standard InChI is InChI=1S/C17H24N4O.ClH/c1-13(22)5-4-12-21-16-7-3-2-6-15(16)20-17(21)19-14-8-10-18-11-9-14;/h2-3,6-7,14,18H,4-5,8-12H2,1H3,(H,19,20);1H. The number of hydrogen-bond acceptors (Lipinski definition) is 4. The van der Waals surface area contributed by atoms with Crippen LogP contribution in [0.1, 0.15) is 32.6 Å². The Bertz CT molecular complexity index is 649. The topological polar surface area (TPSA) is 59.0 Å². The summed E-state index contributed by atoms with van der Waals surface area (Å²) in [6, 6.07) is 8.68. The maximum Gasteiger partial charge on any atom is 0.204 e. The van der Waals surface area contributed by atoms with Crippen molar-refractivity contribution >= 4 is 35.2 Å². The van der Waals surface area contributed by atoms with Gasteiger partial charge in [0.25, 0.3) is 0 Å². The maximum atomic E-state index is 11.2. The summed E-state index contributed by atoms with van der Waals surface area (Å²) < 4.78 is 2.22. The lowest BCUT2D eigenvalue weighted by atomic mass is 10.1. The third-order valence-corrected chi connectivity index (χ3v) is 4.24. The molecule has 2 heterocycles. The highest BCUT2D eigenvalue weighted by Crippen LogP contribution is 2.22. The number of rotatable bonds is 6. The number of imidazole rings is 1. The molecule has 2 aromatic rings. The second kappa shape index (κ2) is 8.31. The van der Waals surface area contributed by atoms with Crippen molar-refractivity contribution < 1.29 is 4.79 Å². The van der Waals surface area contributed by atoms with Crippen LogP contribution in [0.2, 0.25) is 0 Å². The number of piperidine rings is 1. The number of para-hydroxylation sites is 2. The molecule has 0 spiro atoms. The Kier molecular flexibility index (Phi) is 6.42. The van der Waals surface area contributed by atoms with Crippen LogP contribution in [0.4, 0.5) is 5.95 Å². The van der Waals surface area contributed by atoms with Crippen molar-refractivity contribution in [2.75, 3.05) is 18.4 Å². The number of nitrogens with one attached hydrogen (secondary N) is 2. The van der Waals surface area contributed by atoms with Gasteiger partial charge in [0, 0.05) is 19.0 Å². The SMILES string of the molecule is CC(=O)CCCn1c(NC2CCNCC2)nc2ccccc21.Cl. The van der Waals surface area contributed by atoms with Crippen molar-refractivity contribution in [2.45, 2.75) is 45.2 Å². The van der Waals surface area contributed by atoms with Gasteiger partial charge < -0.3 is 20.0 Å². The molecule has 0 unspecified atom stereocenters. The Hall–Kier alpha value is -1.59. The van der Waals surface area contributed by atoms with Gasteiger partial charge in [0.15, 0.2) is 0 Å². The maximum absolute atomic E-state index is 11.2. The Labute approximate surface area is 143 Å². The van der Waals surface area contributed by atoms with Gasteiger partial charge in [0.1, 0.15) is 5.78 Å². The number of aromatic nitrogens is 2. The summed E-state index contributed by atoms with van der Waals surface area (Å²) in [4.78, 5) is 15.9. The van der Waals surface area contributed by atoms with E-state index in [9.17, 15) is 4.79 Å². The van der Waals surface area contributed by atoms with Crippen molar-refractivity contribution in [3.05, 3.63) is 24.3 Å². The average Bonchev–Trinajstić information content (AvgIpc) is 2.86. The predicted molar refractivity (Wildman–Crippen MR) is 96.4 cm³/mol. The summed E-state index contributed by atoms with van der Waals surface area (Å²) in [5, 5.41) is 6.99. The van der Waals surface area contributed by atoms with E-state index in [1.807, 2.05) is 18.2 Å². The molecule has 1 aromatic heterocycles. The minimum absolute atomic E-state index is 0. The molecule has 0 saturated carbocycles. The highest BCUT2D eigenvalue weighted by molar-refractivity contribution is 5.85. The number of hydrogen-bond donors (Lipinski definition) is 2. The van der Waals surface area contributed by atoms with Crippen molar-refractivity contribution in [3.63, 3.8) is 0 Å². The smallest absolute Gasteiger partial charge is 0.204 e. The van der Waals surface area contributed by atoms with Gasteiger partial charge in [-0.25, -0.2) is 4.98 Å². The molecule has 1 saturated heterocycles. The summed E-state index contributed by atoms with van der Waals surface area (Å²) in [5.41, 5.74) is 2.16. The molecule has 23 heavy (non-hydrogen) atoms. The summed E-state index contributed by atoms with van der Waals surface area (Å²) >= 11 is 0. The predicted octanol–water partition coefficient (Wildman–Crippen LogP) is 2.99. The van der Waals surface area contributed by atoms with Gasteiger partial charge in [-0.3, -0.25) is 0 Å². The van der Waals surface area contributed by atoms with E-state index in [-0.39, 0.29) is 18.2 Å². The van der Waals surface area contributed by atoms with Crippen molar-refractivity contribution in [2.24, 2.45) is 0 Å². The normalized spacial score (nSPS) is 15.3. The molecular formula is C17H25ClN4O. The largest absolute Gasteiger partial charge is 0.353 e. The Morgan fingerprint density at radius 3 is 2.83 bits per heavy atom. The van der Waals surface area contributed by atoms with Crippen molar-refractivity contribution in [1.29, 1.82) is 0 Å². The van der Waals surface area contributed by atoms with Crippen molar-refractivity contribution in [3.8, 4) is 0 Å². The number of halogens is 1. The van der Waals surface area contributed by atoms with E-state index >= 15 is 0 Å². The minimum atomic E-state index is 0. The van der Waals surface area contributed by atoms with Gasteiger partial charge in [-0.1, -0.05) is 12.1 Å². The molecule has 126 valence electrons. The first kappa shape index (κ1) is 17.8. The van der Waals surface area contributed by atoms with Gasteiger partial charge in [0.05, 0.1) is 11.0 Å². The van der Waals surface area contributed by atoms with Crippen LogP contribution in [0, 0.1) is 0 Å². The number of carbonyl (C=O) groups is 1. The summed E-state index contributed by atoms with van der Waals surface area (Å²) in [7, 11) is 0. The number of Topliss-reactive ketones (excluding diaryl/α,β-unsaturated/α-hetero) is 1. The lowest BCUT2D eigenvalue weighted by molar-refractivity contribution is -0.117. The number of fused-ring (bicyclic) bond motifs is 1. The van der Waals surface area contributed by atoms with Crippen LogP contribution in [0.5, 0.6) is 0 Å². The van der Waals surface area contributed by atoms with Gasteiger partial charge in [0.2, 0.25) is 5.95 Å². The van der Waals surface area contributed by atoms with Gasteiger partial charge in [-0.05, 0) is 51.4 Å². The molecular weight excluding hydrogens is 312 g/mol. The summed E-state index contributed by atoms with van der Waals surface area (Å²) in [6.07, 6.45) is 3.73. The van der Waals surface area contributed by atoms with E-state index in [1.165, 1.54) is 0 Å². The van der Waals surface area contributed by atoms with Gasteiger partial charge in [-0.15, -0.1) is 12.4 Å². The highest BCUT2D eigenvalue weighted by atomic mass is 35.5. The van der Waals surface area contributed by atoms with Crippen LogP contribution in [0.25, 0.3) is 11.0 Å². The monoisotopic (exact) mass is 336 g/mol. The van der Waals surface area contributed by atoms with Crippen LogP contribution in [-0.4, -0.2) is 34.5 Å². The van der Waals surface area contributed by atoms with E-state index in [0.717, 1.165) is 55.9 Å². The molecule has 0 radical (unpaired) electrons. The van der Waals surface area contributed by atoms with Crippen LogP contribution >= 0.6 is 12.4 Å². The number of anilines is 1. The molecule has 1 aliphatic heterocycles. The van der Waals surface area contributed by atoms with Gasteiger partial charge >= 0.3 is 0 Å². The summed E-state index contributed by atoms with van der Waals surface area (Å²) in [5.74, 6) is 1.19. The van der Waals surface area contributed by atoms with Crippen molar-refractivity contribution in [1.82, 2.24) is 14.9 Å². The molecule has 1 aromatic carbocycles. The van der Waals surface area contributed by atoms with Crippen LogP contribution in [0.3, 0.4) is 0 Å². The molecule has 6 heteroatoms. The minimum Gasteiger partial charge on any atom is -0.353 e. The lowest BCUT2D eigenvalue weighted by Crippen LogP contribution is -2.36. The Morgan fingerprint density at radius 2 is 2.09 bits per heavy atom.